The number of hydrogen-bond acceptors (Lipinski definition) is 2. The van der Waals surface area contributed by atoms with Crippen molar-refractivity contribution in [1.82, 2.24) is 9.55 Å². The van der Waals surface area contributed by atoms with E-state index in [1.165, 1.54) is 16.5 Å². The van der Waals surface area contributed by atoms with E-state index >= 15 is 0 Å². The van der Waals surface area contributed by atoms with Gasteiger partial charge in [0.1, 0.15) is 11.3 Å². The Kier molecular flexibility index (Phi) is 2.74. The number of imidazole rings is 1. The summed E-state index contributed by atoms with van der Waals surface area (Å²) in [6.45, 7) is 4.91. The van der Waals surface area contributed by atoms with Gasteiger partial charge in [0.05, 0.1) is 10.8 Å². The van der Waals surface area contributed by atoms with Crippen LogP contribution in [0.25, 0.3) is 11.0 Å². The van der Waals surface area contributed by atoms with Crippen molar-refractivity contribution in [2.75, 3.05) is 0 Å². The second-order valence-electron chi connectivity index (χ2n) is 4.47. The first-order valence-corrected chi connectivity index (χ1v) is 6.58. The molecular weight excluding hydrogens is 292 g/mol. The molecule has 0 N–H and O–H groups in total. The van der Waals surface area contributed by atoms with Gasteiger partial charge in [-0.2, -0.15) is 0 Å². The van der Waals surface area contributed by atoms with Crippen LogP contribution in [-0.4, -0.2) is 9.55 Å². The number of nitrogens with zero attached hydrogens (tertiary/aromatic N) is 2. The van der Waals surface area contributed by atoms with Crippen molar-refractivity contribution in [3.63, 3.8) is 0 Å². The van der Waals surface area contributed by atoms with Crippen LogP contribution < -0.4 is 0 Å². The third-order valence-corrected chi connectivity index (χ3v) is 3.80. The summed E-state index contributed by atoms with van der Waals surface area (Å²) >= 11 is 3.58. The van der Waals surface area contributed by atoms with Crippen LogP contribution >= 0.6 is 15.9 Å². The Morgan fingerprint density at radius 1 is 1.33 bits per heavy atom. The molecule has 3 aromatic rings. The Labute approximate surface area is 114 Å². The van der Waals surface area contributed by atoms with E-state index in [0.29, 0.717) is 0 Å². The predicted molar refractivity (Wildman–Crippen MR) is 74.7 cm³/mol. The molecule has 0 saturated carbocycles. The molecule has 0 aliphatic rings. The van der Waals surface area contributed by atoms with E-state index in [4.69, 9.17) is 4.42 Å². The average molecular weight is 305 g/mol. The fraction of sp³-hybridized carbons (Fsp3) is 0.214. The first-order chi connectivity index (χ1) is 8.65. The Hall–Kier alpha value is -1.55. The number of furan rings is 1. The standard InChI is InChI=1S/C14H13BrN2O/c1-9-10(2)18-14-12(9)5-11(6-13(14)15)7-17-4-3-16-8-17/h3-6,8H,7H2,1-2H3. The lowest BCUT2D eigenvalue weighted by molar-refractivity contribution is 0.573. The van der Waals surface area contributed by atoms with E-state index < -0.39 is 0 Å². The lowest BCUT2D eigenvalue weighted by Crippen LogP contribution is -1.96. The maximum absolute atomic E-state index is 5.75. The zero-order valence-electron chi connectivity index (χ0n) is 10.3. The zero-order chi connectivity index (χ0) is 12.7. The first-order valence-electron chi connectivity index (χ1n) is 5.79. The van der Waals surface area contributed by atoms with Crippen molar-refractivity contribution in [3.8, 4) is 0 Å². The summed E-state index contributed by atoms with van der Waals surface area (Å²) in [5.74, 6) is 0.977. The molecule has 0 unspecified atom stereocenters. The molecule has 0 bridgehead atoms. The SMILES string of the molecule is Cc1oc2c(Br)cc(Cn3ccnc3)cc2c1C. The molecule has 4 heteroatoms. The third-order valence-electron chi connectivity index (χ3n) is 3.21. The normalized spacial score (nSPS) is 11.3. The molecule has 0 fully saturated rings. The largest absolute Gasteiger partial charge is 0.460 e. The van der Waals surface area contributed by atoms with Gasteiger partial charge in [0.15, 0.2) is 0 Å². The van der Waals surface area contributed by atoms with Gasteiger partial charge in [-0.15, -0.1) is 0 Å². The molecule has 2 aromatic heterocycles. The Balaban J connectivity index is 2.11. The molecule has 92 valence electrons. The second kappa shape index (κ2) is 4.28. The molecule has 0 aliphatic heterocycles. The molecule has 3 rings (SSSR count). The fourth-order valence-electron chi connectivity index (χ4n) is 2.13. The fourth-order valence-corrected chi connectivity index (χ4v) is 2.72. The van der Waals surface area contributed by atoms with Gasteiger partial charge in [0.2, 0.25) is 0 Å². The predicted octanol–water partition coefficient (Wildman–Crippen LogP) is 4.06. The highest BCUT2D eigenvalue weighted by molar-refractivity contribution is 9.10. The van der Waals surface area contributed by atoms with Crippen LogP contribution in [0.5, 0.6) is 0 Å². The van der Waals surface area contributed by atoms with Crippen molar-refractivity contribution in [1.29, 1.82) is 0 Å². The van der Waals surface area contributed by atoms with Crippen LogP contribution in [0.3, 0.4) is 0 Å². The van der Waals surface area contributed by atoms with Crippen LogP contribution in [0.15, 0.2) is 39.7 Å². The number of aryl methyl sites for hydroxylation is 2. The van der Waals surface area contributed by atoms with E-state index in [2.05, 4.69) is 44.5 Å². The van der Waals surface area contributed by atoms with Gasteiger partial charge in [-0.1, -0.05) is 0 Å². The monoisotopic (exact) mass is 304 g/mol. The third kappa shape index (κ3) is 1.86. The minimum atomic E-state index is 0.818. The van der Waals surface area contributed by atoms with Crippen LogP contribution in [0.1, 0.15) is 16.9 Å². The summed E-state index contributed by atoms with van der Waals surface area (Å²) in [4.78, 5) is 4.06. The number of halogens is 1. The molecule has 18 heavy (non-hydrogen) atoms. The topological polar surface area (TPSA) is 31.0 Å². The molecule has 3 nitrogen and oxygen atoms in total. The summed E-state index contributed by atoms with van der Waals surface area (Å²) in [7, 11) is 0. The summed E-state index contributed by atoms with van der Waals surface area (Å²) in [6.07, 6.45) is 5.58. The van der Waals surface area contributed by atoms with Gasteiger partial charge in [0, 0.05) is 24.3 Å². The second-order valence-corrected chi connectivity index (χ2v) is 5.33. The summed E-state index contributed by atoms with van der Waals surface area (Å²) in [6, 6.07) is 4.29. The molecular formula is C14H13BrN2O. The molecule has 1 aromatic carbocycles. The zero-order valence-corrected chi connectivity index (χ0v) is 11.9. The van der Waals surface area contributed by atoms with E-state index in [9.17, 15) is 0 Å². The van der Waals surface area contributed by atoms with Crippen LogP contribution in [-0.2, 0) is 6.54 Å². The number of aromatic nitrogens is 2. The van der Waals surface area contributed by atoms with Gasteiger partial charge in [-0.05, 0) is 53.0 Å². The van der Waals surface area contributed by atoms with Crippen LogP contribution in [0.4, 0.5) is 0 Å². The van der Waals surface area contributed by atoms with Crippen LogP contribution in [0.2, 0.25) is 0 Å². The van der Waals surface area contributed by atoms with E-state index in [-0.39, 0.29) is 0 Å². The quantitative estimate of drug-likeness (QED) is 0.715. The van der Waals surface area contributed by atoms with Crippen molar-refractivity contribution in [2.24, 2.45) is 0 Å². The van der Waals surface area contributed by atoms with Gasteiger partial charge in [0.25, 0.3) is 0 Å². The van der Waals surface area contributed by atoms with E-state index in [0.717, 1.165) is 22.4 Å². The Bertz CT molecular complexity index is 698. The van der Waals surface area contributed by atoms with Crippen molar-refractivity contribution >= 4 is 26.9 Å². The van der Waals surface area contributed by atoms with Crippen LogP contribution in [0, 0.1) is 13.8 Å². The van der Waals surface area contributed by atoms with Gasteiger partial charge in [-0.3, -0.25) is 0 Å². The van der Waals surface area contributed by atoms with Gasteiger partial charge in [-0.25, -0.2) is 4.98 Å². The minimum absolute atomic E-state index is 0.818. The van der Waals surface area contributed by atoms with Crippen molar-refractivity contribution < 1.29 is 4.42 Å². The molecule has 0 aliphatic carbocycles. The van der Waals surface area contributed by atoms with E-state index in [1.54, 1.807) is 6.20 Å². The maximum Gasteiger partial charge on any atom is 0.148 e. The summed E-state index contributed by atoms with van der Waals surface area (Å²) in [5, 5.41) is 1.18. The number of benzene rings is 1. The minimum Gasteiger partial charge on any atom is -0.460 e. The Morgan fingerprint density at radius 2 is 2.17 bits per heavy atom. The lowest BCUT2D eigenvalue weighted by Gasteiger charge is -2.04. The average Bonchev–Trinajstić information content (AvgIpc) is 2.92. The number of rotatable bonds is 2. The molecule has 0 amide bonds. The highest BCUT2D eigenvalue weighted by atomic mass is 79.9. The molecule has 0 saturated heterocycles. The highest BCUT2D eigenvalue weighted by Gasteiger charge is 2.11. The smallest absolute Gasteiger partial charge is 0.148 e. The van der Waals surface area contributed by atoms with E-state index in [1.807, 2.05) is 19.4 Å². The highest BCUT2D eigenvalue weighted by Crippen LogP contribution is 2.32. The number of fused-ring (bicyclic) bond motifs is 1. The first kappa shape index (κ1) is 11.5. The molecule has 0 spiro atoms. The van der Waals surface area contributed by atoms with Gasteiger partial charge < -0.3 is 8.98 Å². The van der Waals surface area contributed by atoms with Crippen molar-refractivity contribution in [2.45, 2.75) is 20.4 Å². The van der Waals surface area contributed by atoms with Gasteiger partial charge >= 0.3 is 0 Å². The lowest BCUT2D eigenvalue weighted by atomic mass is 10.1. The summed E-state index contributed by atoms with van der Waals surface area (Å²) < 4.78 is 8.81. The molecule has 0 atom stereocenters. The Morgan fingerprint density at radius 3 is 2.89 bits per heavy atom. The molecule has 0 radical (unpaired) electrons. The number of hydrogen-bond donors (Lipinski definition) is 0. The van der Waals surface area contributed by atoms with Crippen molar-refractivity contribution in [3.05, 3.63) is 52.2 Å². The maximum atomic E-state index is 5.75. The summed E-state index contributed by atoms with van der Waals surface area (Å²) in [5.41, 5.74) is 3.37. The molecule has 2 heterocycles.